The molecular weight excluding hydrogens is 260 g/mol. The fourth-order valence-electron chi connectivity index (χ4n) is 1.41. The molecule has 5 nitrogen and oxygen atoms in total. The van der Waals surface area contributed by atoms with Crippen LogP contribution < -0.4 is 5.32 Å². The van der Waals surface area contributed by atoms with E-state index in [1.165, 1.54) is 11.3 Å². The first-order valence-electron chi connectivity index (χ1n) is 5.36. The number of carbonyl (C=O) groups is 1. The molecule has 0 spiro atoms. The highest BCUT2D eigenvalue weighted by atomic mass is 32.1. The molecule has 1 aromatic carbocycles. The van der Waals surface area contributed by atoms with Crippen molar-refractivity contribution in [2.75, 3.05) is 5.32 Å². The number of thiazole rings is 1. The number of carbonyl (C=O) groups excluding carboxylic acids is 1. The minimum atomic E-state index is -0.372. The van der Waals surface area contributed by atoms with Gasteiger partial charge in [-0.1, -0.05) is 12.1 Å². The zero-order chi connectivity index (χ0) is 13.7. The zero-order valence-corrected chi connectivity index (χ0v) is 10.6. The number of benzene rings is 1. The number of nitrogens with zero attached hydrogens (tertiary/aromatic N) is 3. The van der Waals surface area contributed by atoms with E-state index < -0.39 is 0 Å². The van der Waals surface area contributed by atoms with Gasteiger partial charge in [-0.15, -0.1) is 11.3 Å². The topological polar surface area (TPSA) is 89.6 Å². The van der Waals surface area contributed by atoms with E-state index in [0.717, 1.165) is 11.3 Å². The molecular formula is C13H8N4OS. The Morgan fingerprint density at radius 2 is 2.05 bits per heavy atom. The van der Waals surface area contributed by atoms with E-state index in [1.807, 2.05) is 11.4 Å². The molecule has 0 aliphatic carbocycles. The predicted octanol–water partition coefficient (Wildman–Crippen LogP) is 2.53. The van der Waals surface area contributed by atoms with Gasteiger partial charge >= 0.3 is 0 Å². The summed E-state index contributed by atoms with van der Waals surface area (Å²) in [7, 11) is 0. The fraction of sp³-hybridized carbons (Fsp3) is 0.0769. The lowest BCUT2D eigenvalue weighted by molar-refractivity contribution is -0.115. The lowest BCUT2D eigenvalue weighted by Gasteiger charge is -1.97. The minimum absolute atomic E-state index is 0.189. The number of aromatic nitrogens is 1. The fourth-order valence-corrected chi connectivity index (χ4v) is 2.15. The van der Waals surface area contributed by atoms with Crippen LogP contribution in [0.3, 0.4) is 0 Å². The summed E-state index contributed by atoms with van der Waals surface area (Å²) in [5.74, 6) is -0.372. The van der Waals surface area contributed by atoms with Crippen LogP contribution in [0.2, 0.25) is 0 Å². The highest BCUT2D eigenvalue weighted by Gasteiger charge is 2.07. The minimum Gasteiger partial charge on any atom is -0.301 e. The summed E-state index contributed by atoms with van der Waals surface area (Å²) in [6, 6.07) is 10.8. The van der Waals surface area contributed by atoms with Crippen molar-refractivity contribution in [3.05, 3.63) is 35.2 Å². The smallest absolute Gasteiger partial charge is 0.240 e. The van der Waals surface area contributed by atoms with E-state index in [1.54, 1.807) is 30.3 Å². The number of nitrogens with one attached hydrogen (secondary N) is 1. The maximum absolute atomic E-state index is 11.2. The third-order valence-electron chi connectivity index (χ3n) is 2.30. The monoisotopic (exact) mass is 268 g/mol. The normalized spacial score (nSPS) is 9.37. The van der Waals surface area contributed by atoms with E-state index in [9.17, 15) is 4.79 Å². The number of hydrogen-bond donors (Lipinski definition) is 1. The quantitative estimate of drug-likeness (QED) is 0.926. The highest BCUT2D eigenvalue weighted by Crippen LogP contribution is 2.25. The van der Waals surface area contributed by atoms with Crippen LogP contribution >= 0.6 is 11.3 Å². The van der Waals surface area contributed by atoms with Gasteiger partial charge in [-0.25, -0.2) is 4.98 Å². The lowest BCUT2D eigenvalue weighted by atomic mass is 10.1. The van der Waals surface area contributed by atoms with Crippen LogP contribution in [-0.4, -0.2) is 10.9 Å². The summed E-state index contributed by atoms with van der Waals surface area (Å²) in [4.78, 5) is 15.5. The van der Waals surface area contributed by atoms with Gasteiger partial charge in [0.2, 0.25) is 5.91 Å². The Balaban J connectivity index is 2.14. The number of anilines is 1. The molecule has 1 amide bonds. The molecule has 0 saturated carbocycles. The maximum Gasteiger partial charge on any atom is 0.240 e. The van der Waals surface area contributed by atoms with Gasteiger partial charge in [0.1, 0.15) is 6.42 Å². The highest BCUT2D eigenvalue weighted by molar-refractivity contribution is 7.14. The van der Waals surface area contributed by atoms with E-state index >= 15 is 0 Å². The first kappa shape index (κ1) is 12.7. The van der Waals surface area contributed by atoms with Crippen LogP contribution in [-0.2, 0) is 4.79 Å². The Kier molecular flexibility index (Phi) is 3.87. The summed E-state index contributed by atoms with van der Waals surface area (Å²) >= 11 is 1.29. The predicted molar refractivity (Wildman–Crippen MR) is 71.1 cm³/mol. The van der Waals surface area contributed by atoms with Crippen molar-refractivity contribution < 1.29 is 4.79 Å². The third kappa shape index (κ3) is 3.15. The average Bonchev–Trinajstić information content (AvgIpc) is 2.87. The molecule has 92 valence electrons. The zero-order valence-electron chi connectivity index (χ0n) is 9.75. The molecule has 1 aromatic heterocycles. The van der Waals surface area contributed by atoms with Crippen molar-refractivity contribution in [1.29, 1.82) is 10.5 Å². The molecule has 6 heteroatoms. The van der Waals surface area contributed by atoms with E-state index in [0.29, 0.717) is 10.7 Å². The van der Waals surface area contributed by atoms with Crippen molar-refractivity contribution >= 4 is 22.4 Å². The first-order valence-corrected chi connectivity index (χ1v) is 6.24. The van der Waals surface area contributed by atoms with Gasteiger partial charge in [0.15, 0.2) is 5.13 Å². The standard InChI is InChI=1S/C13H8N4OS/c14-6-5-12(18)17-13-16-11(8-19-13)10-3-1-9(7-15)2-4-10/h1-4,8H,5H2,(H,16,17,18). The van der Waals surface area contributed by atoms with Crippen LogP contribution in [0.5, 0.6) is 0 Å². The summed E-state index contributed by atoms with van der Waals surface area (Å²) in [6.45, 7) is 0. The van der Waals surface area contributed by atoms with Crippen LogP contribution in [0.15, 0.2) is 29.6 Å². The van der Waals surface area contributed by atoms with Crippen LogP contribution in [0.1, 0.15) is 12.0 Å². The van der Waals surface area contributed by atoms with Crippen molar-refractivity contribution in [2.24, 2.45) is 0 Å². The Morgan fingerprint density at radius 3 is 2.68 bits per heavy atom. The molecule has 0 bridgehead atoms. The molecule has 0 radical (unpaired) electrons. The van der Waals surface area contributed by atoms with Crippen LogP contribution in [0.25, 0.3) is 11.3 Å². The second-order valence-corrected chi connectivity index (χ2v) is 4.47. The molecule has 0 unspecified atom stereocenters. The van der Waals surface area contributed by atoms with E-state index in [2.05, 4.69) is 10.3 Å². The molecule has 0 fully saturated rings. The van der Waals surface area contributed by atoms with Crippen molar-refractivity contribution in [2.45, 2.75) is 6.42 Å². The molecule has 1 N–H and O–H groups in total. The molecule has 2 aromatic rings. The Hall–Kier alpha value is -2.70. The molecule has 2 rings (SSSR count). The first-order chi connectivity index (χ1) is 9.22. The maximum atomic E-state index is 11.2. The number of rotatable bonds is 3. The van der Waals surface area contributed by atoms with Gasteiger partial charge in [-0.05, 0) is 12.1 Å². The Labute approximate surface area is 113 Å². The van der Waals surface area contributed by atoms with Crippen LogP contribution in [0, 0.1) is 22.7 Å². The van der Waals surface area contributed by atoms with Crippen LogP contribution in [0.4, 0.5) is 5.13 Å². The van der Waals surface area contributed by atoms with Gasteiger partial charge < -0.3 is 5.32 Å². The van der Waals surface area contributed by atoms with Crippen molar-refractivity contribution in [1.82, 2.24) is 4.98 Å². The largest absolute Gasteiger partial charge is 0.301 e. The molecule has 0 aliphatic rings. The van der Waals surface area contributed by atoms with E-state index in [-0.39, 0.29) is 12.3 Å². The molecule has 0 aliphatic heterocycles. The van der Waals surface area contributed by atoms with Gasteiger partial charge in [-0.2, -0.15) is 10.5 Å². The Bertz CT molecular complexity index is 676. The number of nitriles is 2. The summed E-state index contributed by atoms with van der Waals surface area (Å²) in [5.41, 5.74) is 2.18. The van der Waals surface area contributed by atoms with Gasteiger partial charge in [0.05, 0.1) is 23.4 Å². The number of amides is 1. The van der Waals surface area contributed by atoms with Gasteiger partial charge in [0.25, 0.3) is 0 Å². The second kappa shape index (κ2) is 5.76. The van der Waals surface area contributed by atoms with Gasteiger partial charge in [-0.3, -0.25) is 4.79 Å². The second-order valence-electron chi connectivity index (χ2n) is 3.61. The average molecular weight is 268 g/mol. The van der Waals surface area contributed by atoms with Crippen molar-refractivity contribution in [3.63, 3.8) is 0 Å². The number of hydrogen-bond acceptors (Lipinski definition) is 5. The summed E-state index contributed by atoms with van der Waals surface area (Å²) in [5, 5.41) is 21.9. The van der Waals surface area contributed by atoms with Crippen molar-refractivity contribution in [3.8, 4) is 23.4 Å². The summed E-state index contributed by atoms with van der Waals surface area (Å²) < 4.78 is 0. The Morgan fingerprint density at radius 1 is 1.32 bits per heavy atom. The molecule has 0 atom stereocenters. The molecule has 0 saturated heterocycles. The molecule has 1 heterocycles. The summed E-state index contributed by atoms with van der Waals surface area (Å²) in [6.07, 6.45) is -0.189. The molecule has 19 heavy (non-hydrogen) atoms. The lowest BCUT2D eigenvalue weighted by Crippen LogP contribution is -2.09. The van der Waals surface area contributed by atoms with E-state index in [4.69, 9.17) is 10.5 Å². The van der Waals surface area contributed by atoms with Gasteiger partial charge in [0, 0.05) is 10.9 Å². The SMILES string of the molecule is N#CCC(=O)Nc1nc(-c2ccc(C#N)cc2)cs1. The third-order valence-corrected chi connectivity index (χ3v) is 3.06.